The molecule has 0 unspecified atom stereocenters. The van der Waals surface area contributed by atoms with Crippen LogP contribution in [0.15, 0.2) is 42.1 Å². The molecule has 5 heteroatoms. The second-order valence-electron chi connectivity index (χ2n) is 3.06. The number of benzene rings is 1. The van der Waals surface area contributed by atoms with Crippen LogP contribution >= 0.6 is 0 Å². The van der Waals surface area contributed by atoms with Gasteiger partial charge in [0.1, 0.15) is 18.0 Å². The molecule has 1 aromatic rings. The summed E-state index contributed by atoms with van der Waals surface area (Å²) in [5, 5.41) is 7.09. The number of rotatable bonds is 4. The topological polar surface area (TPSA) is 102 Å². The zero-order valence-corrected chi connectivity index (χ0v) is 8.64. The van der Waals surface area contributed by atoms with Crippen LogP contribution in [-0.2, 0) is 16.1 Å². The molecule has 16 heavy (non-hydrogen) atoms. The SMILES string of the molecule is N=C(N)/C(=C\N)C(=O)OCc1ccccc1. The zero-order valence-electron chi connectivity index (χ0n) is 8.64. The van der Waals surface area contributed by atoms with Gasteiger partial charge >= 0.3 is 5.97 Å². The van der Waals surface area contributed by atoms with Gasteiger partial charge in [0, 0.05) is 6.20 Å². The van der Waals surface area contributed by atoms with Crippen LogP contribution in [-0.4, -0.2) is 11.8 Å². The van der Waals surface area contributed by atoms with E-state index in [0.717, 1.165) is 11.8 Å². The van der Waals surface area contributed by atoms with Gasteiger partial charge in [0.05, 0.1) is 0 Å². The molecular weight excluding hydrogens is 206 g/mol. The monoisotopic (exact) mass is 219 g/mol. The van der Waals surface area contributed by atoms with E-state index in [-0.39, 0.29) is 12.2 Å². The minimum absolute atomic E-state index is 0.129. The number of carbonyl (C=O) groups is 1. The van der Waals surface area contributed by atoms with E-state index in [1.165, 1.54) is 0 Å². The van der Waals surface area contributed by atoms with E-state index >= 15 is 0 Å². The van der Waals surface area contributed by atoms with Crippen LogP contribution in [0, 0.1) is 5.41 Å². The molecule has 0 aliphatic carbocycles. The lowest BCUT2D eigenvalue weighted by Crippen LogP contribution is -2.22. The molecule has 0 spiro atoms. The number of carbonyl (C=O) groups excluding carboxylic acids is 1. The highest BCUT2D eigenvalue weighted by Gasteiger charge is 2.13. The molecule has 0 aliphatic rings. The molecule has 1 aromatic carbocycles. The Balaban J connectivity index is 2.57. The molecule has 0 bridgehead atoms. The van der Waals surface area contributed by atoms with Gasteiger partial charge in [-0.3, -0.25) is 5.41 Å². The molecule has 0 saturated carbocycles. The Hall–Kier alpha value is -2.30. The lowest BCUT2D eigenvalue weighted by Gasteiger charge is -2.06. The number of amidine groups is 1. The molecular formula is C11H13N3O2. The third kappa shape index (κ3) is 3.13. The van der Waals surface area contributed by atoms with Crippen molar-refractivity contribution < 1.29 is 9.53 Å². The maximum atomic E-state index is 11.4. The van der Waals surface area contributed by atoms with Crippen LogP contribution in [0.3, 0.4) is 0 Å². The predicted octanol–water partition coefficient (Wildman–Crippen LogP) is 0.508. The van der Waals surface area contributed by atoms with Crippen molar-refractivity contribution >= 4 is 11.8 Å². The van der Waals surface area contributed by atoms with Gasteiger partial charge in [0.2, 0.25) is 0 Å². The first kappa shape index (κ1) is 11.8. The summed E-state index contributed by atoms with van der Waals surface area (Å²) < 4.78 is 4.93. The fourth-order valence-electron chi connectivity index (χ4n) is 1.07. The summed E-state index contributed by atoms with van der Waals surface area (Å²) >= 11 is 0. The summed E-state index contributed by atoms with van der Waals surface area (Å²) in [6, 6.07) is 9.20. The van der Waals surface area contributed by atoms with E-state index in [0.29, 0.717) is 0 Å². The molecule has 1 rings (SSSR count). The Bertz CT molecular complexity index is 412. The summed E-state index contributed by atoms with van der Waals surface area (Å²) in [7, 11) is 0. The van der Waals surface area contributed by atoms with Gasteiger partial charge in [-0.2, -0.15) is 0 Å². The van der Waals surface area contributed by atoms with E-state index in [1.807, 2.05) is 30.3 Å². The minimum atomic E-state index is -0.696. The number of nitrogens with two attached hydrogens (primary N) is 2. The number of ether oxygens (including phenoxy) is 1. The Morgan fingerprint density at radius 1 is 1.38 bits per heavy atom. The van der Waals surface area contributed by atoms with Gasteiger partial charge in [-0.1, -0.05) is 30.3 Å². The summed E-state index contributed by atoms with van der Waals surface area (Å²) in [6.07, 6.45) is 0.968. The lowest BCUT2D eigenvalue weighted by atomic mass is 10.2. The van der Waals surface area contributed by atoms with E-state index in [2.05, 4.69) is 0 Å². The molecule has 0 fully saturated rings. The predicted molar refractivity (Wildman–Crippen MR) is 60.4 cm³/mol. The van der Waals surface area contributed by atoms with Crippen molar-refractivity contribution in [1.29, 1.82) is 5.41 Å². The van der Waals surface area contributed by atoms with Crippen LogP contribution in [0.4, 0.5) is 0 Å². The van der Waals surface area contributed by atoms with Crippen LogP contribution in [0.1, 0.15) is 5.56 Å². The van der Waals surface area contributed by atoms with Crippen molar-refractivity contribution in [3.8, 4) is 0 Å². The van der Waals surface area contributed by atoms with Crippen LogP contribution in [0.2, 0.25) is 0 Å². The molecule has 5 N–H and O–H groups in total. The molecule has 0 aromatic heterocycles. The summed E-state index contributed by atoms with van der Waals surface area (Å²) in [5.74, 6) is -1.10. The molecule has 0 amide bonds. The van der Waals surface area contributed by atoms with Gasteiger partial charge < -0.3 is 16.2 Å². The standard InChI is InChI=1S/C11H13N3O2/c12-6-9(10(13)14)11(15)16-7-8-4-2-1-3-5-8/h1-6H,7,12H2,(H3,13,14)/b9-6+. The number of nitrogens with one attached hydrogen (secondary N) is 1. The second kappa shape index (κ2) is 5.55. The third-order valence-electron chi connectivity index (χ3n) is 1.89. The molecule has 0 aliphatic heterocycles. The summed E-state index contributed by atoms with van der Waals surface area (Å²) in [5.41, 5.74) is 11.0. The highest BCUT2D eigenvalue weighted by molar-refractivity contribution is 6.16. The summed E-state index contributed by atoms with van der Waals surface area (Å²) in [6.45, 7) is 0.129. The molecule has 0 atom stereocenters. The van der Waals surface area contributed by atoms with E-state index in [1.54, 1.807) is 0 Å². The van der Waals surface area contributed by atoms with Crippen molar-refractivity contribution in [3.05, 3.63) is 47.7 Å². The first-order valence-electron chi connectivity index (χ1n) is 4.62. The van der Waals surface area contributed by atoms with Crippen LogP contribution in [0.5, 0.6) is 0 Å². The van der Waals surface area contributed by atoms with Crippen molar-refractivity contribution in [1.82, 2.24) is 0 Å². The quantitative estimate of drug-likeness (QED) is 0.297. The van der Waals surface area contributed by atoms with Gasteiger partial charge in [-0.25, -0.2) is 4.79 Å². The Labute approximate surface area is 93.2 Å². The van der Waals surface area contributed by atoms with Crippen molar-refractivity contribution in [2.24, 2.45) is 11.5 Å². The van der Waals surface area contributed by atoms with E-state index < -0.39 is 11.8 Å². The molecule has 0 radical (unpaired) electrons. The lowest BCUT2D eigenvalue weighted by molar-refractivity contribution is -0.139. The molecule has 84 valence electrons. The van der Waals surface area contributed by atoms with Crippen molar-refractivity contribution in [3.63, 3.8) is 0 Å². The average Bonchev–Trinajstić information content (AvgIpc) is 2.28. The number of hydrogen-bond acceptors (Lipinski definition) is 4. The van der Waals surface area contributed by atoms with Crippen LogP contribution < -0.4 is 11.5 Å². The Morgan fingerprint density at radius 3 is 2.50 bits per heavy atom. The van der Waals surface area contributed by atoms with Crippen LogP contribution in [0.25, 0.3) is 0 Å². The summed E-state index contributed by atoms with van der Waals surface area (Å²) in [4.78, 5) is 11.4. The van der Waals surface area contributed by atoms with Crippen molar-refractivity contribution in [2.45, 2.75) is 6.61 Å². The molecule has 5 nitrogen and oxygen atoms in total. The van der Waals surface area contributed by atoms with E-state index in [9.17, 15) is 4.79 Å². The normalized spacial score (nSPS) is 10.9. The van der Waals surface area contributed by atoms with E-state index in [4.69, 9.17) is 21.6 Å². The first-order valence-corrected chi connectivity index (χ1v) is 4.62. The minimum Gasteiger partial charge on any atom is -0.457 e. The average molecular weight is 219 g/mol. The molecule has 0 heterocycles. The fourth-order valence-corrected chi connectivity index (χ4v) is 1.07. The van der Waals surface area contributed by atoms with Crippen molar-refractivity contribution in [2.75, 3.05) is 0 Å². The fraction of sp³-hybridized carbons (Fsp3) is 0.0909. The highest BCUT2D eigenvalue weighted by Crippen LogP contribution is 2.03. The second-order valence-corrected chi connectivity index (χ2v) is 3.06. The zero-order chi connectivity index (χ0) is 12.0. The maximum absolute atomic E-state index is 11.4. The highest BCUT2D eigenvalue weighted by atomic mass is 16.5. The maximum Gasteiger partial charge on any atom is 0.343 e. The molecule has 0 saturated heterocycles. The number of esters is 1. The van der Waals surface area contributed by atoms with Gasteiger partial charge in [-0.05, 0) is 5.56 Å². The largest absolute Gasteiger partial charge is 0.457 e. The van der Waals surface area contributed by atoms with Gasteiger partial charge in [0.25, 0.3) is 0 Å². The third-order valence-corrected chi connectivity index (χ3v) is 1.89. The smallest absolute Gasteiger partial charge is 0.343 e. The van der Waals surface area contributed by atoms with Gasteiger partial charge in [0.15, 0.2) is 0 Å². The Kier molecular flexibility index (Phi) is 4.08. The number of hydrogen-bond donors (Lipinski definition) is 3. The van der Waals surface area contributed by atoms with Gasteiger partial charge in [-0.15, -0.1) is 0 Å². The first-order chi connectivity index (χ1) is 7.65. The Morgan fingerprint density at radius 2 is 2.00 bits per heavy atom.